The van der Waals surface area contributed by atoms with E-state index >= 15 is 0 Å². The van der Waals surface area contributed by atoms with Crippen LogP contribution in [0, 0.1) is 0 Å². The molecule has 0 unspecified atom stereocenters. The molecular formula is C12H19N5O2S. The third-order valence-corrected chi connectivity index (χ3v) is 3.83. The fourth-order valence-electron chi connectivity index (χ4n) is 1.91. The predicted octanol–water partition coefficient (Wildman–Crippen LogP) is 1.17. The van der Waals surface area contributed by atoms with Crippen LogP contribution in [0.25, 0.3) is 0 Å². The van der Waals surface area contributed by atoms with Gasteiger partial charge in [0.2, 0.25) is 11.9 Å². The molecule has 0 atom stereocenters. The van der Waals surface area contributed by atoms with Crippen LogP contribution in [0.5, 0.6) is 0 Å². The third-order valence-electron chi connectivity index (χ3n) is 2.98. The van der Waals surface area contributed by atoms with Gasteiger partial charge in [0, 0.05) is 25.9 Å². The maximum absolute atomic E-state index is 11.1. The van der Waals surface area contributed by atoms with E-state index in [0.29, 0.717) is 29.2 Å². The molecule has 0 amide bonds. The first-order chi connectivity index (χ1) is 9.72. The van der Waals surface area contributed by atoms with Crippen LogP contribution in [0.15, 0.2) is 5.16 Å². The normalized spacial score (nSPS) is 14.4. The SMILES string of the molecule is CNc1nc(SCCC(=O)OC)nc(N2CCCC2)n1. The Morgan fingerprint density at radius 3 is 2.75 bits per heavy atom. The molecule has 1 fully saturated rings. The smallest absolute Gasteiger partial charge is 0.306 e. The molecule has 1 N–H and O–H groups in total. The molecule has 7 nitrogen and oxygen atoms in total. The Morgan fingerprint density at radius 2 is 2.10 bits per heavy atom. The highest BCUT2D eigenvalue weighted by Gasteiger charge is 2.17. The van der Waals surface area contributed by atoms with E-state index in [0.717, 1.165) is 13.1 Å². The average molecular weight is 297 g/mol. The van der Waals surface area contributed by atoms with Crippen LogP contribution >= 0.6 is 11.8 Å². The van der Waals surface area contributed by atoms with Crippen LogP contribution in [-0.4, -0.2) is 53.9 Å². The maximum Gasteiger partial charge on any atom is 0.306 e. The number of methoxy groups -OCH3 is 1. The van der Waals surface area contributed by atoms with E-state index in [1.54, 1.807) is 7.05 Å². The fraction of sp³-hybridized carbons (Fsp3) is 0.667. The fourth-order valence-corrected chi connectivity index (χ4v) is 2.66. The summed E-state index contributed by atoms with van der Waals surface area (Å²) in [6, 6.07) is 0. The minimum atomic E-state index is -0.222. The Hall–Kier alpha value is -1.57. The summed E-state index contributed by atoms with van der Waals surface area (Å²) in [4.78, 5) is 26.4. The van der Waals surface area contributed by atoms with E-state index in [9.17, 15) is 4.79 Å². The lowest BCUT2D eigenvalue weighted by Gasteiger charge is -2.16. The van der Waals surface area contributed by atoms with Gasteiger partial charge in [0.1, 0.15) is 0 Å². The minimum absolute atomic E-state index is 0.222. The van der Waals surface area contributed by atoms with E-state index in [-0.39, 0.29) is 5.97 Å². The Balaban J connectivity index is 2.03. The number of anilines is 2. The van der Waals surface area contributed by atoms with Gasteiger partial charge in [-0.3, -0.25) is 4.79 Å². The first-order valence-electron chi connectivity index (χ1n) is 6.61. The summed E-state index contributed by atoms with van der Waals surface area (Å²) in [5.74, 6) is 1.64. The number of hydrogen-bond acceptors (Lipinski definition) is 8. The number of nitrogens with zero attached hydrogens (tertiary/aromatic N) is 4. The van der Waals surface area contributed by atoms with Crippen LogP contribution in [0.2, 0.25) is 0 Å². The molecule has 0 aliphatic carbocycles. The first kappa shape index (κ1) is 14.8. The van der Waals surface area contributed by atoms with Crippen LogP contribution in [0.3, 0.4) is 0 Å². The first-order valence-corrected chi connectivity index (χ1v) is 7.60. The summed E-state index contributed by atoms with van der Waals surface area (Å²) >= 11 is 1.44. The molecule has 0 bridgehead atoms. The molecule has 0 aromatic carbocycles. The largest absolute Gasteiger partial charge is 0.469 e. The Bertz CT molecular complexity index is 465. The number of carbonyl (C=O) groups excluding carboxylic acids is 1. The Kier molecular flexibility index (Phi) is 5.40. The van der Waals surface area contributed by atoms with Crippen LogP contribution in [0.1, 0.15) is 19.3 Å². The topological polar surface area (TPSA) is 80.2 Å². The van der Waals surface area contributed by atoms with E-state index in [1.807, 2.05) is 0 Å². The van der Waals surface area contributed by atoms with Crippen molar-refractivity contribution in [2.24, 2.45) is 0 Å². The molecule has 1 aromatic heterocycles. The number of thioether (sulfide) groups is 1. The van der Waals surface area contributed by atoms with E-state index in [4.69, 9.17) is 0 Å². The molecule has 2 rings (SSSR count). The van der Waals surface area contributed by atoms with Gasteiger partial charge in [0.05, 0.1) is 13.5 Å². The number of nitrogens with one attached hydrogen (secondary N) is 1. The quantitative estimate of drug-likeness (QED) is 0.619. The van der Waals surface area contributed by atoms with Gasteiger partial charge in [-0.25, -0.2) is 0 Å². The number of carbonyl (C=O) groups is 1. The van der Waals surface area contributed by atoms with Crippen molar-refractivity contribution in [2.45, 2.75) is 24.4 Å². The van der Waals surface area contributed by atoms with Crippen molar-refractivity contribution in [1.29, 1.82) is 0 Å². The van der Waals surface area contributed by atoms with Crippen molar-refractivity contribution in [2.75, 3.05) is 43.2 Å². The predicted molar refractivity (Wildman–Crippen MR) is 78.2 cm³/mol. The van der Waals surface area contributed by atoms with Crippen molar-refractivity contribution in [3.05, 3.63) is 0 Å². The monoisotopic (exact) mass is 297 g/mol. The van der Waals surface area contributed by atoms with Gasteiger partial charge < -0.3 is 15.0 Å². The van der Waals surface area contributed by atoms with Crippen LogP contribution in [0.4, 0.5) is 11.9 Å². The maximum atomic E-state index is 11.1. The van der Waals surface area contributed by atoms with Crippen molar-refractivity contribution in [3.63, 3.8) is 0 Å². The zero-order valence-electron chi connectivity index (χ0n) is 11.8. The summed E-state index contributed by atoms with van der Waals surface area (Å²) in [7, 11) is 3.17. The second kappa shape index (κ2) is 7.28. The van der Waals surface area contributed by atoms with Crippen molar-refractivity contribution in [3.8, 4) is 0 Å². The zero-order valence-corrected chi connectivity index (χ0v) is 12.6. The van der Waals surface area contributed by atoms with Gasteiger partial charge in [0.15, 0.2) is 5.16 Å². The molecule has 20 heavy (non-hydrogen) atoms. The van der Waals surface area contributed by atoms with Gasteiger partial charge in [-0.05, 0) is 12.8 Å². The molecule has 1 saturated heterocycles. The third kappa shape index (κ3) is 3.96. The molecule has 2 heterocycles. The molecule has 8 heteroatoms. The molecule has 110 valence electrons. The van der Waals surface area contributed by atoms with E-state index in [2.05, 4.69) is 29.9 Å². The minimum Gasteiger partial charge on any atom is -0.469 e. The van der Waals surface area contributed by atoms with Gasteiger partial charge in [-0.2, -0.15) is 15.0 Å². The average Bonchev–Trinajstić information content (AvgIpc) is 3.01. The van der Waals surface area contributed by atoms with Gasteiger partial charge in [-0.1, -0.05) is 11.8 Å². The highest BCUT2D eigenvalue weighted by Crippen LogP contribution is 2.21. The second-order valence-electron chi connectivity index (χ2n) is 4.36. The summed E-state index contributed by atoms with van der Waals surface area (Å²) in [5.41, 5.74) is 0. The van der Waals surface area contributed by atoms with Crippen molar-refractivity contribution in [1.82, 2.24) is 15.0 Å². The van der Waals surface area contributed by atoms with Gasteiger partial charge in [0.25, 0.3) is 0 Å². The Labute approximate surface area is 122 Å². The summed E-state index contributed by atoms with van der Waals surface area (Å²) in [5, 5.41) is 3.58. The molecule has 1 aliphatic heterocycles. The van der Waals surface area contributed by atoms with Crippen molar-refractivity contribution < 1.29 is 9.53 Å². The summed E-state index contributed by atoms with van der Waals surface area (Å²) in [6.45, 7) is 1.97. The number of rotatable bonds is 6. The van der Waals surface area contributed by atoms with E-state index < -0.39 is 0 Å². The van der Waals surface area contributed by atoms with Gasteiger partial charge >= 0.3 is 5.97 Å². The Morgan fingerprint density at radius 1 is 1.35 bits per heavy atom. The lowest BCUT2D eigenvalue weighted by atomic mass is 10.4. The number of esters is 1. The lowest BCUT2D eigenvalue weighted by molar-refractivity contribution is -0.140. The molecule has 0 spiro atoms. The highest BCUT2D eigenvalue weighted by molar-refractivity contribution is 7.99. The lowest BCUT2D eigenvalue weighted by Crippen LogP contribution is -2.21. The summed E-state index contributed by atoms with van der Waals surface area (Å²) < 4.78 is 4.61. The number of ether oxygens (including phenoxy) is 1. The molecule has 0 radical (unpaired) electrons. The van der Waals surface area contributed by atoms with Crippen LogP contribution < -0.4 is 10.2 Å². The number of aromatic nitrogens is 3. The van der Waals surface area contributed by atoms with Crippen molar-refractivity contribution >= 4 is 29.6 Å². The molecule has 1 aliphatic rings. The van der Waals surface area contributed by atoms with Gasteiger partial charge in [-0.15, -0.1) is 0 Å². The zero-order chi connectivity index (χ0) is 14.4. The summed E-state index contributed by atoms with van der Waals surface area (Å²) in [6.07, 6.45) is 2.69. The van der Waals surface area contributed by atoms with Crippen LogP contribution in [-0.2, 0) is 9.53 Å². The highest BCUT2D eigenvalue weighted by atomic mass is 32.2. The molecular weight excluding hydrogens is 278 g/mol. The molecule has 0 saturated carbocycles. The van der Waals surface area contributed by atoms with E-state index in [1.165, 1.54) is 31.7 Å². The number of hydrogen-bond donors (Lipinski definition) is 1. The second-order valence-corrected chi connectivity index (χ2v) is 5.42. The standard InChI is InChI=1S/C12H19N5O2S/c1-13-10-14-11(17-6-3-4-7-17)16-12(15-10)20-8-5-9(18)19-2/h3-8H2,1-2H3,(H,13,14,15,16). The molecule has 1 aromatic rings.